The molecule has 1 atom stereocenters. The van der Waals surface area contributed by atoms with Crippen molar-refractivity contribution in [2.24, 2.45) is 0 Å². The van der Waals surface area contributed by atoms with Gasteiger partial charge in [0.15, 0.2) is 0 Å². The van der Waals surface area contributed by atoms with Gasteiger partial charge in [-0.15, -0.1) is 22.7 Å². The van der Waals surface area contributed by atoms with Crippen LogP contribution < -0.4 is 0 Å². The van der Waals surface area contributed by atoms with Crippen LogP contribution in [0.1, 0.15) is 35.2 Å². The average Bonchev–Trinajstić information content (AvgIpc) is 3.25. The highest BCUT2D eigenvalue weighted by Crippen LogP contribution is 2.39. The fraction of sp³-hybridized carbons (Fsp3) is 0.444. The Hall–Kier alpha value is -1.68. The summed E-state index contributed by atoms with van der Waals surface area (Å²) in [4.78, 5) is 19.2. The lowest BCUT2D eigenvalue weighted by molar-refractivity contribution is -0.134. The van der Waals surface area contributed by atoms with Gasteiger partial charge in [-0.2, -0.15) is 5.26 Å². The minimum atomic E-state index is -0.793. The first-order chi connectivity index (χ1) is 11.4. The van der Waals surface area contributed by atoms with E-state index in [1.54, 1.807) is 48.5 Å². The minimum absolute atomic E-state index is 0.0122. The van der Waals surface area contributed by atoms with Crippen LogP contribution in [0.4, 0.5) is 0 Å². The van der Waals surface area contributed by atoms with Gasteiger partial charge in [-0.3, -0.25) is 9.69 Å². The van der Waals surface area contributed by atoms with Gasteiger partial charge < -0.3 is 4.90 Å². The summed E-state index contributed by atoms with van der Waals surface area (Å²) in [6.07, 6.45) is 0.980. The Morgan fingerprint density at radius 3 is 2.88 bits per heavy atom. The Morgan fingerprint density at radius 1 is 1.42 bits per heavy atom. The monoisotopic (exact) mass is 359 g/mol. The van der Waals surface area contributed by atoms with E-state index < -0.39 is 5.54 Å². The molecule has 0 aliphatic carbocycles. The van der Waals surface area contributed by atoms with Crippen LogP contribution in [-0.2, 0) is 11.2 Å². The molecule has 0 bridgehead atoms. The van der Waals surface area contributed by atoms with Gasteiger partial charge in [0.25, 0.3) is 0 Å². The number of thiophene rings is 2. The van der Waals surface area contributed by atoms with Crippen molar-refractivity contribution in [2.75, 3.05) is 20.1 Å². The minimum Gasteiger partial charge on any atom is -0.326 e. The number of hydrogen-bond acceptors (Lipinski definition) is 5. The first kappa shape index (κ1) is 17.2. The van der Waals surface area contributed by atoms with E-state index in [1.807, 2.05) is 0 Å². The maximum absolute atomic E-state index is 12.7. The number of carbonyl (C=O) groups is 1. The van der Waals surface area contributed by atoms with Gasteiger partial charge in [0.1, 0.15) is 5.54 Å². The number of nitrogens with zero attached hydrogens (tertiary/aromatic N) is 3. The van der Waals surface area contributed by atoms with Crippen molar-refractivity contribution in [2.45, 2.75) is 31.8 Å². The molecule has 1 aliphatic rings. The molecule has 0 aromatic carbocycles. The van der Waals surface area contributed by atoms with E-state index >= 15 is 0 Å². The lowest BCUT2D eigenvalue weighted by atomic mass is 9.98. The fourth-order valence-electron chi connectivity index (χ4n) is 2.99. The van der Waals surface area contributed by atoms with E-state index in [2.05, 4.69) is 39.9 Å². The van der Waals surface area contributed by atoms with Gasteiger partial charge in [-0.1, -0.05) is 6.07 Å². The summed E-state index contributed by atoms with van der Waals surface area (Å²) < 4.78 is 0. The molecule has 0 N–H and O–H groups in total. The van der Waals surface area contributed by atoms with Crippen molar-refractivity contribution in [1.82, 2.24) is 9.80 Å². The van der Waals surface area contributed by atoms with Crippen LogP contribution in [0.5, 0.6) is 0 Å². The lowest BCUT2D eigenvalue weighted by Gasteiger charge is -2.37. The van der Waals surface area contributed by atoms with E-state index in [-0.39, 0.29) is 11.9 Å². The Labute approximate surface area is 150 Å². The molecule has 4 nitrogen and oxygen atoms in total. The zero-order valence-electron chi connectivity index (χ0n) is 14.2. The second-order valence-electron chi connectivity index (χ2n) is 6.56. The topological polar surface area (TPSA) is 47.3 Å². The van der Waals surface area contributed by atoms with Crippen molar-refractivity contribution in [1.29, 1.82) is 5.26 Å². The third-order valence-electron chi connectivity index (χ3n) is 4.70. The van der Waals surface area contributed by atoms with Crippen LogP contribution in [-0.4, -0.2) is 41.4 Å². The molecule has 0 saturated carbocycles. The van der Waals surface area contributed by atoms with E-state index in [9.17, 15) is 10.1 Å². The predicted octanol–water partition coefficient (Wildman–Crippen LogP) is 3.52. The molecule has 2 aromatic heterocycles. The van der Waals surface area contributed by atoms with Gasteiger partial charge in [0.05, 0.1) is 18.7 Å². The van der Waals surface area contributed by atoms with Crippen LogP contribution >= 0.6 is 22.7 Å². The van der Waals surface area contributed by atoms with Crippen molar-refractivity contribution in [3.63, 3.8) is 0 Å². The van der Waals surface area contributed by atoms with Gasteiger partial charge in [-0.25, -0.2) is 0 Å². The average molecular weight is 360 g/mol. The highest BCUT2D eigenvalue weighted by atomic mass is 32.1. The predicted molar refractivity (Wildman–Crippen MR) is 98.2 cm³/mol. The maximum Gasteiger partial charge on any atom is 0.237 e. The Bertz CT molecular complexity index is 758. The number of hydrogen-bond donors (Lipinski definition) is 0. The van der Waals surface area contributed by atoms with Gasteiger partial charge in [-0.05, 0) is 48.7 Å². The Balaban J connectivity index is 1.85. The lowest BCUT2D eigenvalue weighted by Crippen LogP contribution is -2.49. The summed E-state index contributed by atoms with van der Waals surface area (Å²) in [6, 6.07) is 8.73. The SMILES string of the molecule is CN(C(=O)CN1CCc2sccc2[C@@H]1c1cccs1)C(C)(C)C#N. The highest BCUT2D eigenvalue weighted by molar-refractivity contribution is 7.10. The number of likely N-dealkylation sites (N-methyl/N-ethyl adjacent to an activating group) is 1. The molecule has 3 rings (SSSR count). The standard InChI is InChI=1S/C18H21N3OS2/c1-18(2,12-19)20(3)16(22)11-21-8-6-14-13(7-10-24-14)17(21)15-5-4-9-23-15/h4-5,7,9-10,17H,6,8,11H2,1-3H3/t17-/m1/s1. The number of amides is 1. The quantitative estimate of drug-likeness (QED) is 0.839. The molecule has 1 aliphatic heterocycles. The maximum atomic E-state index is 12.7. The van der Waals surface area contributed by atoms with Crippen molar-refractivity contribution < 1.29 is 4.79 Å². The molecule has 6 heteroatoms. The van der Waals surface area contributed by atoms with Crippen molar-refractivity contribution in [3.8, 4) is 6.07 Å². The molecule has 0 fully saturated rings. The summed E-state index contributed by atoms with van der Waals surface area (Å²) in [5.41, 5.74) is 0.530. The first-order valence-corrected chi connectivity index (χ1v) is 9.71. The first-order valence-electron chi connectivity index (χ1n) is 7.95. The normalized spacial score (nSPS) is 18.0. The highest BCUT2D eigenvalue weighted by Gasteiger charge is 2.34. The zero-order chi connectivity index (χ0) is 17.3. The summed E-state index contributed by atoms with van der Waals surface area (Å²) >= 11 is 3.53. The van der Waals surface area contributed by atoms with Crippen molar-refractivity contribution >= 4 is 28.6 Å². The van der Waals surface area contributed by atoms with E-state index in [0.29, 0.717) is 6.54 Å². The molecule has 0 saturated heterocycles. The zero-order valence-corrected chi connectivity index (χ0v) is 15.8. The second-order valence-corrected chi connectivity index (χ2v) is 8.54. The molecule has 126 valence electrons. The summed E-state index contributed by atoms with van der Waals surface area (Å²) in [5.74, 6) is -0.0122. The van der Waals surface area contributed by atoms with Gasteiger partial charge in [0.2, 0.25) is 5.91 Å². The van der Waals surface area contributed by atoms with Crippen LogP contribution in [0.15, 0.2) is 29.0 Å². The fourth-order valence-corrected chi connectivity index (χ4v) is 4.77. The van der Waals surface area contributed by atoms with Crippen LogP contribution in [0.3, 0.4) is 0 Å². The Kier molecular flexibility index (Phi) is 4.77. The van der Waals surface area contributed by atoms with E-state index in [0.717, 1.165) is 13.0 Å². The number of fused-ring (bicyclic) bond motifs is 1. The van der Waals surface area contributed by atoms with E-state index in [4.69, 9.17) is 0 Å². The van der Waals surface area contributed by atoms with Gasteiger partial charge >= 0.3 is 0 Å². The summed E-state index contributed by atoms with van der Waals surface area (Å²) in [5, 5.41) is 13.5. The molecule has 1 amide bonds. The smallest absolute Gasteiger partial charge is 0.237 e. The molecule has 24 heavy (non-hydrogen) atoms. The summed E-state index contributed by atoms with van der Waals surface area (Å²) in [6.45, 7) is 4.74. The van der Waals surface area contributed by atoms with Crippen LogP contribution in [0, 0.1) is 11.3 Å². The number of nitriles is 1. The summed E-state index contributed by atoms with van der Waals surface area (Å²) in [7, 11) is 1.71. The number of rotatable bonds is 4. The van der Waals surface area contributed by atoms with E-state index in [1.165, 1.54) is 15.3 Å². The third kappa shape index (κ3) is 3.12. The molecule has 0 radical (unpaired) electrons. The molecular formula is C18H21N3OS2. The van der Waals surface area contributed by atoms with Crippen LogP contribution in [0.25, 0.3) is 0 Å². The Morgan fingerprint density at radius 2 is 2.21 bits per heavy atom. The molecule has 2 aromatic rings. The molecule has 0 spiro atoms. The second kappa shape index (κ2) is 6.67. The van der Waals surface area contributed by atoms with Crippen LogP contribution in [0.2, 0.25) is 0 Å². The van der Waals surface area contributed by atoms with Gasteiger partial charge in [0, 0.05) is 23.3 Å². The number of carbonyl (C=O) groups excluding carboxylic acids is 1. The molecular weight excluding hydrogens is 338 g/mol. The third-order valence-corrected chi connectivity index (χ3v) is 6.62. The molecule has 0 unspecified atom stereocenters. The largest absolute Gasteiger partial charge is 0.326 e. The molecule has 3 heterocycles. The van der Waals surface area contributed by atoms with Crippen molar-refractivity contribution in [3.05, 3.63) is 44.3 Å².